The second-order valence-corrected chi connectivity index (χ2v) is 5.88. The molecule has 1 aliphatic carbocycles. The molecule has 5 heteroatoms. The van der Waals surface area contributed by atoms with Crippen molar-refractivity contribution in [2.24, 2.45) is 5.92 Å². The first-order valence-electron chi connectivity index (χ1n) is 6.05. The van der Waals surface area contributed by atoms with Crippen LogP contribution in [-0.2, 0) is 0 Å². The molecule has 2 aromatic heterocycles. The van der Waals surface area contributed by atoms with Crippen LogP contribution >= 0.6 is 11.3 Å². The first-order valence-corrected chi connectivity index (χ1v) is 6.87. The summed E-state index contributed by atoms with van der Waals surface area (Å²) < 4.78 is 0.971. The number of thiophene rings is 1. The Bertz CT molecular complexity index is 603. The maximum atomic E-state index is 12.3. The van der Waals surface area contributed by atoms with Gasteiger partial charge in [-0.25, -0.2) is 0 Å². The Balaban J connectivity index is 1.92. The molecule has 0 saturated heterocycles. The number of hydrogen-bond acceptors (Lipinski definition) is 4. The van der Waals surface area contributed by atoms with Crippen LogP contribution < -0.4 is 5.73 Å². The highest BCUT2D eigenvalue weighted by molar-refractivity contribution is 7.21. The van der Waals surface area contributed by atoms with Gasteiger partial charge < -0.3 is 10.6 Å². The Hall–Kier alpha value is -1.62. The van der Waals surface area contributed by atoms with Crippen molar-refractivity contribution in [1.29, 1.82) is 0 Å². The Labute approximate surface area is 109 Å². The lowest BCUT2D eigenvalue weighted by molar-refractivity contribution is 0.0794. The zero-order chi connectivity index (χ0) is 12.7. The van der Waals surface area contributed by atoms with Gasteiger partial charge in [-0.1, -0.05) is 0 Å². The van der Waals surface area contributed by atoms with E-state index in [1.165, 1.54) is 24.2 Å². The molecule has 0 aromatic carbocycles. The van der Waals surface area contributed by atoms with Crippen LogP contribution in [0.15, 0.2) is 18.3 Å². The number of rotatable bonds is 3. The predicted octanol–water partition coefficient (Wildman–Crippen LogP) is 2.36. The van der Waals surface area contributed by atoms with Gasteiger partial charge in [0.1, 0.15) is 10.4 Å². The molecule has 18 heavy (non-hydrogen) atoms. The molecule has 0 radical (unpaired) electrons. The van der Waals surface area contributed by atoms with Crippen LogP contribution in [0.5, 0.6) is 0 Å². The molecular weight excluding hydrogens is 246 g/mol. The van der Waals surface area contributed by atoms with Crippen molar-refractivity contribution in [3.63, 3.8) is 0 Å². The molecule has 2 aromatic rings. The third kappa shape index (κ3) is 1.95. The van der Waals surface area contributed by atoms with Gasteiger partial charge in [0.2, 0.25) is 0 Å². The summed E-state index contributed by atoms with van der Waals surface area (Å²) in [5.41, 5.74) is 7.28. The predicted molar refractivity (Wildman–Crippen MR) is 73.7 cm³/mol. The number of carbonyl (C=O) groups excluding carboxylic acids is 1. The molecule has 3 rings (SSSR count). The molecule has 0 spiro atoms. The van der Waals surface area contributed by atoms with Gasteiger partial charge >= 0.3 is 0 Å². The Morgan fingerprint density at radius 3 is 3.06 bits per heavy atom. The quantitative estimate of drug-likeness (QED) is 0.922. The van der Waals surface area contributed by atoms with E-state index in [1.54, 1.807) is 11.1 Å². The number of nitrogen functional groups attached to an aromatic ring is 1. The van der Waals surface area contributed by atoms with Gasteiger partial charge in [0.15, 0.2) is 0 Å². The Kier molecular flexibility index (Phi) is 2.70. The Morgan fingerprint density at radius 2 is 2.39 bits per heavy atom. The standard InChI is InChI=1S/C13H15N3OS/c1-16(7-8-4-5-8)13(17)12-10(14)11-9(18-12)3-2-6-15-11/h2-3,6,8H,4-5,7,14H2,1H3. The third-order valence-corrected chi connectivity index (χ3v) is 4.40. The Morgan fingerprint density at radius 1 is 1.61 bits per heavy atom. The molecule has 1 saturated carbocycles. The van der Waals surface area contributed by atoms with Crippen molar-refractivity contribution < 1.29 is 4.79 Å². The van der Waals surface area contributed by atoms with Crippen LogP contribution in [0.4, 0.5) is 5.69 Å². The van der Waals surface area contributed by atoms with E-state index in [4.69, 9.17) is 5.73 Å². The van der Waals surface area contributed by atoms with Gasteiger partial charge in [0, 0.05) is 19.8 Å². The van der Waals surface area contributed by atoms with Gasteiger partial charge in [-0.15, -0.1) is 11.3 Å². The van der Waals surface area contributed by atoms with Crippen molar-refractivity contribution in [2.75, 3.05) is 19.3 Å². The molecule has 1 amide bonds. The summed E-state index contributed by atoms with van der Waals surface area (Å²) in [6.45, 7) is 0.833. The molecule has 0 atom stereocenters. The van der Waals surface area contributed by atoms with Gasteiger partial charge in [0.05, 0.1) is 10.4 Å². The maximum Gasteiger partial charge on any atom is 0.265 e. The zero-order valence-electron chi connectivity index (χ0n) is 10.2. The number of anilines is 1. The van der Waals surface area contributed by atoms with Gasteiger partial charge in [-0.2, -0.15) is 0 Å². The van der Waals surface area contributed by atoms with Crippen LogP contribution in [0.3, 0.4) is 0 Å². The summed E-state index contributed by atoms with van der Waals surface area (Å²) in [5.74, 6) is 0.704. The van der Waals surface area contributed by atoms with Crippen LogP contribution in [0.1, 0.15) is 22.5 Å². The average molecular weight is 261 g/mol. The molecule has 1 aliphatic rings. The molecule has 4 nitrogen and oxygen atoms in total. The second kappa shape index (κ2) is 4.24. The van der Waals surface area contributed by atoms with E-state index in [2.05, 4.69) is 4.98 Å². The SMILES string of the molecule is CN(CC1CC1)C(=O)c1sc2cccnc2c1N. The largest absolute Gasteiger partial charge is 0.396 e. The number of nitrogens with two attached hydrogens (primary N) is 1. The summed E-state index contributed by atoms with van der Waals surface area (Å²) in [6, 6.07) is 3.81. The molecular formula is C13H15N3OS. The fourth-order valence-corrected chi connectivity index (χ4v) is 3.13. The number of fused-ring (bicyclic) bond motifs is 1. The van der Waals surface area contributed by atoms with Crippen molar-refractivity contribution in [2.45, 2.75) is 12.8 Å². The van der Waals surface area contributed by atoms with Crippen LogP contribution in [-0.4, -0.2) is 29.4 Å². The lowest BCUT2D eigenvalue weighted by Gasteiger charge is -2.15. The highest BCUT2D eigenvalue weighted by Gasteiger charge is 2.27. The minimum atomic E-state index is 0.0161. The average Bonchev–Trinajstić information content (AvgIpc) is 3.12. The highest BCUT2D eigenvalue weighted by atomic mass is 32.1. The monoisotopic (exact) mass is 261 g/mol. The van der Waals surface area contributed by atoms with Crippen molar-refractivity contribution in [1.82, 2.24) is 9.88 Å². The smallest absolute Gasteiger partial charge is 0.265 e. The van der Waals surface area contributed by atoms with Gasteiger partial charge in [-0.05, 0) is 30.9 Å². The first-order chi connectivity index (χ1) is 8.66. The molecule has 94 valence electrons. The van der Waals surface area contributed by atoms with E-state index in [1.807, 2.05) is 19.2 Å². The normalized spacial score (nSPS) is 14.9. The maximum absolute atomic E-state index is 12.3. The lowest BCUT2D eigenvalue weighted by Crippen LogP contribution is -2.28. The molecule has 0 bridgehead atoms. The van der Waals surface area contributed by atoms with Crippen LogP contribution in [0.25, 0.3) is 10.2 Å². The topological polar surface area (TPSA) is 59.2 Å². The van der Waals surface area contributed by atoms with Crippen molar-refractivity contribution in [3.8, 4) is 0 Å². The van der Waals surface area contributed by atoms with Crippen molar-refractivity contribution in [3.05, 3.63) is 23.2 Å². The number of nitrogens with zero attached hydrogens (tertiary/aromatic N) is 2. The van der Waals surface area contributed by atoms with E-state index < -0.39 is 0 Å². The number of aromatic nitrogens is 1. The summed E-state index contributed by atoms with van der Waals surface area (Å²) in [6.07, 6.45) is 4.18. The van der Waals surface area contributed by atoms with E-state index >= 15 is 0 Å². The minimum Gasteiger partial charge on any atom is -0.396 e. The van der Waals surface area contributed by atoms with Gasteiger partial charge in [-0.3, -0.25) is 9.78 Å². The van der Waals surface area contributed by atoms with E-state index in [0.717, 1.165) is 16.8 Å². The van der Waals surface area contributed by atoms with Crippen LogP contribution in [0.2, 0.25) is 0 Å². The summed E-state index contributed by atoms with van der Waals surface area (Å²) in [7, 11) is 1.85. The first kappa shape index (κ1) is 11.5. The molecule has 2 N–H and O–H groups in total. The molecule has 0 aliphatic heterocycles. The van der Waals surface area contributed by atoms with E-state index in [0.29, 0.717) is 16.5 Å². The number of pyridine rings is 1. The highest BCUT2D eigenvalue weighted by Crippen LogP contribution is 2.34. The number of amides is 1. The number of hydrogen-bond donors (Lipinski definition) is 1. The van der Waals surface area contributed by atoms with E-state index in [-0.39, 0.29) is 5.91 Å². The minimum absolute atomic E-state index is 0.0161. The van der Waals surface area contributed by atoms with Crippen molar-refractivity contribution >= 4 is 33.1 Å². The van der Waals surface area contributed by atoms with Crippen LogP contribution in [0, 0.1) is 5.92 Å². The van der Waals surface area contributed by atoms with Gasteiger partial charge in [0.25, 0.3) is 5.91 Å². The fraction of sp³-hybridized carbons (Fsp3) is 0.385. The second-order valence-electron chi connectivity index (χ2n) is 4.82. The molecule has 2 heterocycles. The molecule has 1 fully saturated rings. The number of carbonyl (C=O) groups is 1. The third-order valence-electron chi connectivity index (χ3n) is 3.25. The summed E-state index contributed by atoms with van der Waals surface area (Å²) in [4.78, 5) is 19.0. The summed E-state index contributed by atoms with van der Waals surface area (Å²) in [5, 5.41) is 0. The zero-order valence-corrected chi connectivity index (χ0v) is 11.0. The molecule has 0 unspecified atom stereocenters. The van der Waals surface area contributed by atoms with E-state index in [9.17, 15) is 4.79 Å². The summed E-state index contributed by atoms with van der Waals surface area (Å²) >= 11 is 1.43. The fourth-order valence-electron chi connectivity index (χ4n) is 2.05. The lowest BCUT2D eigenvalue weighted by atomic mass is 10.3.